The summed E-state index contributed by atoms with van der Waals surface area (Å²) in [5.74, 6) is 1.89. The minimum atomic E-state index is 0.453. The zero-order valence-corrected chi connectivity index (χ0v) is 11.3. The highest BCUT2D eigenvalue weighted by molar-refractivity contribution is 5.83. The number of methoxy groups -OCH3 is 2. The van der Waals surface area contributed by atoms with Gasteiger partial charge in [0.25, 0.3) is 0 Å². The first-order chi connectivity index (χ1) is 8.53. The molecule has 0 aliphatic heterocycles. The van der Waals surface area contributed by atoms with Crippen LogP contribution in [0.4, 0.5) is 5.69 Å². The lowest BCUT2D eigenvalue weighted by Gasteiger charge is -2.13. The molecule has 0 unspecified atom stereocenters. The lowest BCUT2D eigenvalue weighted by atomic mass is 10.1. The number of nitrogens with zero attached hydrogens (tertiary/aromatic N) is 3. The molecule has 0 N–H and O–H groups in total. The monoisotopic (exact) mass is 247 g/mol. The molecule has 1 rings (SSSR count). The molecule has 5 heteroatoms. The number of hydrogen-bond donors (Lipinski definition) is 0. The third-order valence-corrected chi connectivity index (χ3v) is 2.55. The van der Waals surface area contributed by atoms with Crippen LogP contribution < -0.4 is 9.47 Å². The molecular weight excluding hydrogens is 230 g/mol. The molecular formula is C13H17N3O2. The van der Waals surface area contributed by atoms with Gasteiger partial charge in [0.2, 0.25) is 0 Å². The molecule has 0 heterocycles. The summed E-state index contributed by atoms with van der Waals surface area (Å²) in [6, 6.07) is 5.43. The van der Waals surface area contributed by atoms with E-state index in [1.54, 1.807) is 19.2 Å². The molecule has 0 amide bonds. The fraction of sp³-hybridized carbons (Fsp3) is 0.385. The normalized spacial score (nSPS) is 10.8. The lowest BCUT2D eigenvalue weighted by Crippen LogP contribution is -2.17. The Hall–Kier alpha value is -2.22. The average Bonchev–Trinajstić information content (AvgIpc) is 2.37. The van der Waals surface area contributed by atoms with Crippen LogP contribution in [0.2, 0.25) is 0 Å². The molecule has 18 heavy (non-hydrogen) atoms. The Morgan fingerprint density at radius 1 is 1.22 bits per heavy atom. The van der Waals surface area contributed by atoms with Gasteiger partial charge in [-0.3, -0.25) is 0 Å². The van der Waals surface area contributed by atoms with Crippen LogP contribution in [0.3, 0.4) is 0 Å². The van der Waals surface area contributed by atoms with Gasteiger partial charge in [-0.2, -0.15) is 5.26 Å². The molecule has 0 spiro atoms. The fourth-order valence-corrected chi connectivity index (χ4v) is 1.32. The van der Waals surface area contributed by atoms with Gasteiger partial charge in [0.05, 0.1) is 25.5 Å². The van der Waals surface area contributed by atoms with Crippen molar-refractivity contribution >= 4 is 11.5 Å². The molecule has 0 bridgehead atoms. The van der Waals surface area contributed by atoms with Crippen molar-refractivity contribution in [2.24, 2.45) is 4.99 Å². The van der Waals surface area contributed by atoms with E-state index in [2.05, 4.69) is 11.1 Å². The van der Waals surface area contributed by atoms with Gasteiger partial charge in [-0.15, -0.1) is 0 Å². The van der Waals surface area contributed by atoms with Crippen LogP contribution in [0.1, 0.15) is 12.5 Å². The number of rotatable bonds is 3. The molecule has 0 saturated carbocycles. The minimum Gasteiger partial charge on any atom is -0.493 e. The maximum absolute atomic E-state index is 9.12. The molecule has 1 aromatic carbocycles. The molecule has 0 aromatic heterocycles. The predicted molar refractivity (Wildman–Crippen MR) is 70.7 cm³/mol. The number of nitriles is 1. The van der Waals surface area contributed by atoms with Gasteiger partial charge in [-0.1, -0.05) is 0 Å². The number of hydrogen-bond acceptors (Lipinski definition) is 4. The van der Waals surface area contributed by atoms with E-state index in [1.807, 2.05) is 25.9 Å². The summed E-state index contributed by atoms with van der Waals surface area (Å²) in [6.07, 6.45) is 0. The zero-order valence-electron chi connectivity index (χ0n) is 11.3. The predicted octanol–water partition coefficient (Wildman–Crippen LogP) is 2.19. The number of aliphatic imine (C=N–C) groups is 1. The van der Waals surface area contributed by atoms with E-state index in [0.29, 0.717) is 22.7 Å². The van der Waals surface area contributed by atoms with Crippen LogP contribution >= 0.6 is 0 Å². The molecule has 1 aromatic rings. The maximum Gasteiger partial charge on any atom is 0.162 e. The third kappa shape index (κ3) is 2.92. The van der Waals surface area contributed by atoms with Gasteiger partial charge in [-0.25, -0.2) is 4.99 Å². The van der Waals surface area contributed by atoms with Crippen LogP contribution in [0.25, 0.3) is 0 Å². The summed E-state index contributed by atoms with van der Waals surface area (Å²) in [6.45, 7) is 1.87. The Morgan fingerprint density at radius 2 is 1.78 bits per heavy atom. The minimum absolute atomic E-state index is 0.453. The fourth-order valence-electron chi connectivity index (χ4n) is 1.32. The Balaban J connectivity index is 3.36. The second kappa shape index (κ2) is 5.92. The third-order valence-electron chi connectivity index (χ3n) is 2.55. The first kappa shape index (κ1) is 13.8. The van der Waals surface area contributed by atoms with Crippen LogP contribution in [0.15, 0.2) is 17.1 Å². The van der Waals surface area contributed by atoms with E-state index in [0.717, 1.165) is 5.84 Å². The zero-order chi connectivity index (χ0) is 13.7. The molecule has 0 saturated heterocycles. The second-order valence-corrected chi connectivity index (χ2v) is 3.89. The lowest BCUT2D eigenvalue weighted by molar-refractivity contribution is 0.355. The Kier molecular flexibility index (Phi) is 4.55. The van der Waals surface area contributed by atoms with Gasteiger partial charge < -0.3 is 14.4 Å². The van der Waals surface area contributed by atoms with Crippen molar-refractivity contribution in [3.8, 4) is 17.6 Å². The van der Waals surface area contributed by atoms with Crippen molar-refractivity contribution in [3.63, 3.8) is 0 Å². The Morgan fingerprint density at radius 3 is 2.22 bits per heavy atom. The van der Waals surface area contributed by atoms with Crippen molar-refractivity contribution in [1.29, 1.82) is 5.26 Å². The van der Waals surface area contributed by atoms with Crippen LogP contribution in [0, 0.1) is 11.3 Å². The summed E-state index contributed by atoms with van der Waals surface area (Å²) >= 11 is 0. The molecule has 5 nitrogen and oxygen atoms in total. The molecule has 0 aliphatic rings. The summed E-state index contributed by atoms with van der Waals surface area (Å²) in [5.41, 5.74) is 1.02. The van der Waals surface area contributed by atoms with E-state index in [4.69, 9.17) is 14.7 Å². The summed E-state index contributed by atoms with van der Waals surface area (Å²) in [5, 5.41) is 9.12. The molecule has 0 fully saturated rings. The SMILES string of the molecule is COc1cc(C#N)c(/N=C(\C)N(C)C)cc1OC. The smallest absolute Gasteiger partial charge is 0.162 e. The summed E-state index contributed by atoms with van der Waals surface area (Å²) < 4.78 is 10.4. The van der Waals surface area contributed by atoms with E-state index >= 15 is 0 Å². The van der Waals surface area contributed by atoms with Gasteiger partial charge in [0.1, 0.15) is 11.9 Å². The van der Waals surface area contributed by atoms with Crippen LogP contribution in [-0.2, 0) is 0 Å². The van der Waals surface area contributed by atoms with Crippen molar-refractivity contribution in [3.05, 3.63) is 17.7 Å². The molecule has 0 aliphatic carbocycles. The van der Waals surface area contributed by atoms with Crippen molar-refractivity contribution in [2.45, 2.75) is 6.92 Å². The molecule has 96 valence electrons. The Labute approximate surface area is 107 Å². The highest BCUT2D eigenvalue weighted by Gasteiger charge is 2.11. The number of benzene rings is 1. The van der Waals surface area contributed by atoms with Gasteiger partial charge >= 0.3 is 0 Å². The van der Waals surface area contributed by atoms with Gasteiger partial charge in [0.15, 0.2) is 11.5 Å². The Bertz CT molecular complexity index is 502. The quantitative estimate of drug-likeness (QED) is 0.607. The molecule has 0 atom stereocenters. The molecule has 0 radical (unpaired) electrons. The topological polar surface area (TPSA) is 57.8 Å². The summed E-state index contributed by atoms with van der Waals surface area (Å²) in [7, 11) is 6.88. The van der Waals surface area contributed by atoms with E-state index < -0.39 is 0 Å². The van der Waals surface area contributed by atoms with Crippen molar-refractivity contribution < 1.29 is 9.47 Å². The first-order valence-electron chi connectivity index (χ1n) is 5.42. The van der Waals surface area contributed by atoms with E-state index in [9.17, 15) is 0 Å². The maximum atomic E-state index is 9.12. The number of ether oxygens (including phenoxy) is 2. The van der Waals surface area contributed by atoms with E-state index in [-0.39, 0.29) is 0 Å². The van der Waals surface area contributed by atoms with Gasteiger partial charge in [0, 0.05) is 26.2 Å². The van der Waals surface area contributed by atoms with Crippen LogP contribution in [0.5, 0.6) is 11.5 Å². The van der Waals surface area contributed by atoms with Crippen molar-refractivity contribution in [2.75, 3.05) is 28.3 Å². The number of amidine groups is 1. The van der Waals surface area contributed by atoms with E-state index in [1.165, 1.54) is 7.11 Å². The highest BCUT2D eigenvalue weighted by Crippen LogP contribution is 2.34. The van der Waals surface area contributed by atoms with Crippen LogP contribution in [-0.4, -0.2) is 39.1 Å². The summed E-state index contributed by atoms with van der Waals surface area (Å²) in [4.78, 5) is 6.27. The highest BCUT2D eigenvalue weighted by atomic mass is 16.5. The van der Waals surface area contributed by atoms with Crippen molar-refractivity contribution in [1.82, 2.24) is 4.90 Å². The second-order valence-electron chi connectivity index (χ2n) is 3.89. The first-order valence-corrected chi connectivity index (χ1v) is 5.42. The van der Waals surface area contributed by atoms with Gasteiger partial charge in [-0.05, 0) is 6.92 Å². The average molecular weight is 247 g/mol. The standard InChI is InChI=1S/C13H17N3O2/c1-9(16(2)3)15-11-7-13(18-5)12(17-4)6-10(11)8-14/h6-7H,1-5H3/b15-9+. The largest absolute Gasteiger partial charge is 0.493 e.